The zero-order valence-corrected chi connectivity index (χ0v) is 8.83. The summed E-state index contributed by atoms with van der Waals surface area (Å²) in [7, 11) is 0. The van der Waals surface area contributed by atoms with Crippen LogP contribution in [-0.4, -0.2) is 14.9 Å². The van der Waals surface area contributed by atoms with Crippen LogP contribution in [0.15, 0.2) is 0 Å². The largest absolute Gasteiger partial charge is 0.492 e. The van der Waals surface area contributed by atoms with Crippen molar-refractivity contribution in [2.75, 3.05) is 0 Å². The SMILES string of the molecule is CCn1nc(O)c(C)c1CC(C)C. The van der Waals surface area contributed by atoms with Crippen LogP contribution < -0.4 is 0 Å². The van der Waals surface area contributed by atoms with Crippen molar-refractivity contribution in [2.24, 2.45) is 5.92 Å². The van der Waals surface area contributed by atoms with Gasteiger partial charge in [-0.3, -0.25) is 4.68 Å². The molecule has 0 saturated heterocycles. The van der Waals surface area contributed by atoms with E-state index in [-0.39, 0.29) is 5.88 Å². The number of hydrogen-bond donors (Lipinski definition) is 1. The van der Waals surface area contributed by atoms with Gasteiger partial charge in [-0.1, -0.05) is 13.8 Å². The van der Waals surface area contributed by atoms with Crippen molar-refractivity contribution in [1.29, 1.82) is 0 Å². The van der Waals surface area contributed by atoms with Crippen LogP contribution in [0.1, 0.15) is 32.0 Å². The average molecular weight is 182 g/mol. The Balaban J connectivity index is 3.01. The lowest BCUT2D eigenvalue weighted by Crippen LogP contribution is -2.06. The Morgan fingerprint density at radius 2 is 2.08 bits per heavy atom. The second kappa shape index (κ2) is 3.81. The zero-order valence-electron chi connectivity index (χ0n) is 8.83. The van der Waals surface area contributed by atoms with E-state index in [1.54, 1.807) is 0 Å². The van der Waals surface area contributed by atoms with Gasteiger partial charge >= 0.3 is 0 Å². The number of aromatic nitrogens is 2. The van der Waals surface area contributed by atoms with Crippen molar-refractivity contribution in [3.8, 4) is 5.88 Å². The van der Waals surface area contributed by atoms with Crippen LogP contribution in [-0.2, 0) is 13.0 Å². The molecule has 0 bridgehead atoms. The average Bonchev–Trinajstić information content (AvgIpc) is 2.31. The molecule has 3 heteroatoms. The van der Waals surface area contributed by atoms with E-state index in [2.05, 4.69) is 18.9 Å². The second-order valence-electron chi connectivity index (χ2n) is 3.81. The third kappa shape index (κ3) is 2.02. The van der Waals surface area contributed by atoms with Crippen LogP contribution in [0.4, 0.5) is 0 Å². The molecule has 0 fully saturated rings. The Kier molecular flexibility index (Phi) is 2.96. The van der Waals surface area contributed by atoms with E-state index in [9.17, 15) is 5.11 Å². The maximum Gasteiger partial charge on any atom is 0.233 e. The van der Waals surface area contributed by atoms with Gasteiger partial charge in [0.15, 0.2) is 0 Å². The molecule has 0 saturated carbocycles. The molecule has 0 amide bonds. The summed E-state index contributed by atoms with van der Waals surface area (Å²) in [6.45, 7) is 9.12. The van der Waals surface area contributed by atoms with Crippen LogP contribution in [0.5, 0.6) is 5.88 Å². The Hall–Kier alpha value is -0.990. The molecule has 1 heterocycles. The highest BCUT2D eigenvalue weighted by Gasteiger charge is 2.13. The highest BCUT2D eigenvalue weighted by atomic mass is 16.3. The number of nitrogens with zero attached hydrogens (tertiary/aromatic N) is 2. The summed E-state index contributed by atoms with van der Waals surface area (Å²) in [6.07, 6.45) is 0.979. The van der Waals surface area contributed by atoms with E-state index in [1.807, 2.05) is 18.5 Å². The maximum absolute atomic E-state index is 9.43. The van der Waals surface area contributed by atoms with E-state index in [0.29, 0.717) is 5.92 Å². The van der Waals surface area contributed by atoms with Gasteiger partial charge in [0.25, 0.3) is 0 Å². The predicted octanol–water partition coefficient (Wildman–Crippen LogP) is 2.12. The van der Waals surface area contributed by atoms with Gasteiger partial charge in [0.1, 0.15) is 0 Å². The molecule has 1 aromatic rings. The quantitative estimate of drug-likeness (QED) is 0.777. The zero-order chi connectivity index (χ0) is 10.0. The minimum atomic E-state index is 0.178. The minimum absolute atomic E-state index is 0.178. The lowest BCUT2D eigenvalue weighted by molar-refractivity contribution is 0.435. The number of rotatable bonds is 3. The van der Waals surface area contributed by atoms with Crippen molar-refractivity contribution in [1.82, 2.24) is 9.78 Å². The van der Waals surface area contributed by atoms with Gasteiger partial charge < -0.3 is 5.11 Å². The molecular weight excluding hydrogens is 164 g/mol. The van der Waals surface area contributed by atoms with Gasteiger partial charge in [-0.25, -0.2) is 0 Å². The molecule has 74 valence electrons. The molecule has 0 aliphatic heterocycles. The summed E-state index contributed by atoms with van der Waals surface area (Å²) in [6, 6.07) is 0. The maximum atomic E-state index is 9.43. The first-order valence-corrected chi connectivity index (χ1v) is 4.81. The molecule has 0 aromatic carbocycles. The van der Waals surface area contributed by atoms with Crippen molar-refractivity contribution < 1.29 is 5.11 Å². The summed E-state index contributed by atoms with van der Waals surface area (Å²) in [5.74, 6) is 0.776. The summed E-state index contributed by atoms with van der Waals surface area (Å²) in [5, 5.41) is 13.5. The molecule has 3 nitrogen and oxygen atoms in total. The van der Waals surface area contributed by atoms with E-state index in [4.69, 9.17) is 0 Å². The number of hydrogen-bond acceptors (Lipinski definition) is 2. The monoisotopic (exact) mass is 182 g/mol. The second-order valence-corrected chi connectivity index (χ2v) is 3.81. The summed E-state index contributed by atoms with van der Waals surface area (Å²) in [5.41, 5.74) is 2.09. The molecule has 0 spiro atoms. The number of aryl methyl sites for hydroxylation is 1. The number of aromatic hydroxyl groups is 1. The first-order valence-electron chi connectivity index (χ1n) is 4.81. The van der Waals surface area contributed by atoms with Crippen LogP contribution in [0.2, 0.25) is 0 Å². The first-order chi connectivity index (χ1) is 6.06. The van der Waals surface area contributed by atoms with Crippen LogP contribution in [0.3, 0.4) is 0 Å². The van der Waals surface area contributed by atoms with E-state index < -0.39 is 0 Å². The first kappa shape index (κ1) is 10.1. The van der Waals surface area contributed by atoms with Gasteiger partial charge in [-0.15, -0.1) is 5.10 Å². The molecule has 1 aromatic heterocycles. The van der Waals surface area contributed by atoms with E-state index in [0.717, 1.165) is 24.2 Å². The highest BCUT2D eigenvalue weighted by Crippen LogP contribution is 2.21. The van der Waals surface area contributed by atoms with Crippen molar-refractivity contribution >= 4 is 0 Å². The van der Waals surface area contributed by atoms with Crippen LogP contribution in [0, 0.1) is 12.8 Å². The van der Waals surface area contributed by atoms with Gasteiger partial charge in [-0.05, 0) is 26.2 Å². The lowest BCUT2D eigenvalue weighted by Gasteiger charge is -2.07. The molecule has 0 atom stereocenters. The third-order valence-electron chi connectivity index (χ3n) is 2.20. The fraction of sp³-hybridized carbons (Fsp3) is 0.700. The molecule has 0 aliphatic carbocycles. The summed E-state index contributed by atoms with van der Waals surface area (Å²) < 4.78 is 1.88. The summed E-state index contributed by atoms with van der Waals surface area (Å²) in [4.78, 5) is 0. The standard InChI is InChI=1S/C10H18N2O/c1-5-12-9(6-7(2)3)8(4)10(13)11-12/h7H,5-6H2,1-4H3,(H,11,13). The topological polar surface area (TPSA) is 38.0 Å². The molecule has 1 rings (SSSR count). The molecule has 0 radical (unpaired) electrons. The van der Waals surface area contributed by atoms with Crippen LogP contribution in [0.25, 0.3) is 0 Å². The molecule has 1 N–H and O–H groups in total. The van der Waals surface area contributed by atoms with Crippen molar-refractivity contribution in [2.45, 2.75) is 40.7 Å². The van der Waals surface area contributed by atoms with Crippen molar-refractivity contribution in [3.63, 3.8) is 0 Å². The lowest BCUT2D eigenvalue weighted by atomic mass is 10.1. The minimum Gasteiger partial charge on any atom is -0.492 e. The molecule has 0 unspecified atom stereocenters. The highest BCUT2D eigenvalue weighted by molar-refractivity contribution is 5.28. The van der Waals surface area contributed by atoms with Gasteiger partial charge in [0.05, 0.1) is 0 Å². The predicted molar refractivity (Wildman–Crippen MR) is 52.8 cm³/mol. The smallest absolute Gasteiger partial charge is 0.233 e. The fourth-order valence-corrected chi connectivity index (χ4v) is 1.48. The molecule has 0 aliphatic rings. The molecular formula is C10H18N2O. The van der Waals surface area contributed by atoms with Gasteiger partial charge in [0.2, 0.25) is 5.88 Å². The molecule has 13 heavy (non-hydrogen) atoms. The summed E-state index contributed by atoms with van der Waals surface area (Å²) >= 11 is 0. The van der Waals surface area contributed by atoms with Gasteiger partial charge in [-0.2, -0.15) is 0 Å². The Bertz CT molecular complexity index is 289. The Morgan fingerprint density at radius 3 is 2.54 bits per heavy atom. The Labute approximate surface area is 79.4 Å². The van der Waals surface area contributed by atoms with Crippen molar-refractivity contribution in [3.05, 3.63) is 11.3 Å². The normalized spacial score (nSPS) is 11.2. The third-order valence-corrected chi connectivity index (χ3v) is 2.20. The fourth-order valence-electron chi connectivity index (χ4n) is 1.48. The Morgan fingerprint density at radius 1 is 1.46 bits per heavy atom. The van der Waals surface area contributed by atoms with Gasteiger partial charge in [0, 0.05) is 17.8 Å². The van der Waals surface area contributed by atoms with E-state index >= 15 is 0 Å². The van der Waals surface area contributed by atoms with E-state index in [1.165, 1.54) is 0 Å². The van der Waals surface area contributed by atoms with Crippen LogP contribution >= 0.6 is 0 Å².